The van der Waals surface area contributed by atoms with Crippen molar-refractivity contribution in [1.82, 2.24) is 4.90 Å². The molecule has 0 heterocycles. The molecular weight excluding hydrogens is 366 g/mol. The zero-order chi connectivity index (χ0) is 19.1. The highest BCUT2D eigenvalue weighted by Gasteiger charge is 2.31. The summed E-state index contributed by atoms with van der Waals surface area (Å²) in [5, 5.41) is 0. The van der Waals surface area contributed by atoms with Gasteiger partial charge in [0.1, 0.15) is 5.75 Å². The second kappa shape index (κ2) is 9.40. The minimum Gasteiger partial charge on any atom is -0.383 e. The number of nitrogens with zero attached hydrogens (tertiary/aromatic N) is 1. The molecule has 25 heavy (non-hydrogen) atoms. The molecule has 0 fully saturated rings. The Morgan fingerprint density at radius 1 is 1.32 bits per heavy atom. The lowest BCUT2D eigenvalue weighted by molar-refractivity contribution is -0.140. The molecule has 0 aliphatic carbocycles. The fourth-order valence-electron chi connectivity index (χ4n) is 2.06. The second-order valence-electron chi connectivity index (χ2n) is 6.31. The molecule has 0 aromatic heterocycles. The van der Waals surface area contributed by atoms with Gasteiger partial charge in [0.25, 0.3) is 0 Å². The van der Waals surface area contributed by atoms with Gasteiger partial charge < -0.3 is 13.8 Å². The summed E-state index contributed by atoms with van der Waals surface area (Å²) in [6.07, 6.45) is 0. The van der Waals surface area contributed by atoms with Crippen LogP contribution in [-0.2, 0) is 26.2 Å². The van der Waals surface area contributed by atoms with Crippen molar-refractivity contribution in [2.24, 2.45) is 5.41 Å². The number of hydrogen-bond acceptors (Lipinski definition) is 5. The number of ether oxygens (including phenoxy) is 1. The average Bonchev–Trinajstić information content (AvgIpc) is 2.57. The molecule has 1 rings (SSSR count). The molecule has 0 aliphatic rings. The summed E-state index contributed by atoms with van der Waals surface area (Å²) in [6.45, 7) is 6.20. The number of amides is 1. The number of carbonyl (C=O) groups is 1. The molecule has 0 bridgehead atoms. The third-order valence-corrected chi connectivity index (χ3v) is 5.44. The lowest BCUT2D eigenvalue weighted by Crippen LogP contribution is -2.43. The Labute approximate surface area is 155 Å². The molecule has 142 valence electrons. The van der Waals surface area contributed by atoms with E-state index in [4.69, 9.17) is 20.5 Å². The molecular formula is C17H26ClNO5S. The molecule has 1 amide bonds. The lowest BCUT2D eigenvalue weighted by Gasteiger charge is -2.30. The van der Waals surface area contributed by atoms with Crippen molar-refractivity contribution >= 4 is 27.6 Å². The first kappa shape index (κ1) is 21.7. The van der Waals surface area contributed by atoms with Crippen LogP contribution >= 0.6 is 11.6 Å². The molecule has 0 aliphatic heterocycles. The van der Waals surface area contributed by atoms with Crippen LogP contribution in [0.5, 0.6) is 5.75 Å². The highest BCUT2D eigenvalue weighted by atomic mass is 35.5. The van der Waals surface area contributed by atoms with E-state index in [2.05, 4.69) is 0 Å². The molecule has 0 saturated carbocycles. The van der Waals surface area contributed by atoms with Crippen molar-refractivity contribution in [1.29, 1.82) is 0 Å². The Morgan fingerprint density at radius 2 is 2.00 bits per heavy atom. The zero-order valence-corrected chi connectivity index (χ0v) is 16.7. The van der Waals surface area contributed by atoms with Gasteiger partial charge in [-0.15, -0.1) is 11.6 Å². The Balaban J connectivity index is 2.99. The van der Waals surface area contributed by atoms with Crippen LogP contribution in [0.4, 0.5) is 0 Å². The predicted octanol–water partition coefficient (Wildman–Crippen LogP) is 2.66. The molecule has 0 atom stereocenters. The van der Waals surface area contributed by atoms with E-state index in [1.807, 2.05) is 6.07 Å². The first-order chi connectivity index (χ1) is 11.6. The van der Waals surface area contributed by atoms with Crippen molar-refractivity contribution in [2.45, 2.75) is 27.3 Å². The Bertz CT molecular complexity index is 675. The van der Waals surface area contributed by atoms with Crippen LogP contribution in [0.2, 0.25) is 0 Å². The topological polar surface area (TPSA) is 72.9 Å². The number of methoxy groups -OCH3 is 1. The number of halogens is 1. The van der Waals surface area contributed by atoms with E-state index in [0.29, 0.717) is 19.7 Å². The number of hydrogen-bond donors (Lipinski definition) is 0. The van der Waals surface area contributed by atoms with Gasteiger partial charge >= 0.3 is 10.1 Å². The van der Waals surface area contributed by atoms with E-state index in [1.54, 1.807) is 44.1 Å². The maximum absolute atomic E-state index is 12.7. The fraction of sp³-hybridized carbons (Fsp3) is 0.588. The summed E-state index contributed by atoms with van der Waals surface area (Å²) in [5.74, 6) is 0.231. The first-order valence-electron chi connectivity index (χ1n) is 8.00. The van der Waals surface area contributed by atoms with Crippen molar-refractivity contribution in [3.63, 3.8) is 0 Å². The summed E-state index contributed by atoms with van der Waals surface area (Å²) in [6, 6.07) is 6.70. The normalized spacial score (nSPS) is 12.0. The minimum atomic E-state index is -3.59. The quantitative estimate of drug-likeness (QED) is 0.453. The van der Waals surface area contributed by atoms with E-state index < -0.39 is 15.5 Å². The molecule has 0 radical (unpaired) electrons. The standard InChI is InChI=1S/C17H26ClNO5S/c1-5-25(21,22)24-15-8-6-7-14(11-15)12-19(9-10-23-4)16(20)17(2,3)13-18/h6-8,11H,5,9-10,12-13H2,1-4H3. The fourth-order valence-corrected chi connectivity index (χ4v) is 2.69. The summed E-state index contributed by atoms with van der Waals surface area (Å²) in [5.41, 5.74) is 0.0632. The largest absolute Gasteiger partial charge is 0.383 e. The van der Waals surface area contributed by atoms with E-state index in [0.717, 1.165) is 5.56 Å². The molecule has 6 nitrogen and oxygen atoms in total. The van der Waals surface area contributed by atoms with E-state index in [9.17, 15) is 13.2 Å². The van der Waals surface area contributed by atoms with Gasteiger partial charge in [0.05, 0.1) is 17.8 Å². The second-order valence-corrected chi connectivity index (χ2v) is 8.44. The molecule has 8 heteroatoms. The average molecular weight is 392 g/mol. The van der Waals surface area contributed by atoms with Crippen LogP contribution in [0, 0.1) is 5.41 Å². The highest BCUT2D eigenvalue weighted by Crippen LogP contribution is 2.23. The van der Waals surface area contributed by atoms with Crippen molar-refractivity contribution in [3.05, 3.63) is 29.8 Å². The van der Waals surface area contributed by atoms with Gasteiger partial charge in [-0.3, -0.25) is 4.79 Å². The predicted molar refractivity (Wildman–Crippen MR) is 98.3 cm³/mol. The molecule has 0 unspecified atom stereocenters. The molecule has 0 saturated heterocycles. The summed E-state index contributed by atoms with van der Waals surface area (Å²) in [7, 11) is -2.02. The van der Waals surface area contributed by atoms with Crippen molar-refractivity contribution in [3.8, 4) is 5.75 Å². The van der Waals surface area contributed by atoms with Gasteiger partial charge in [0.15, 0.2) is 0 Å². The Kier molecular flexibility index (Phi) is 8.18. The van der Waals surface area contributed by atoms with Crippen LogP contribution in [0.15, 0.2) is 24.3 Å². The minimum absolute atomic E-state index is 0.0907. The summed E-state index contributed by atoms with van der Waals surface area (Å²) < 4.78 is 33.3. The Morgan fingerprint density at radius 3 is 2.56 bits per heavy atom. The van der Waals surface area contributed by atoms with E-state index in [-0.39, 0.29) is 23.3 Å². The van der Waals surface area contributed by atoms with Gasteiger partial charge in [0, 0.05) is 26.1 Å². The third-order valence-electron chi connectivity index (χ3n) is 3.61. The Hall–Kier alpha value is -1.31. The summed E-state index contributed by atoms with van der Waals surface area (Å²) >= 11 is 5.92. The molecule has 0 spiro atoms. The van der Waals surface area contributed by atoms with Gasteiger partial charge in [0.2, 0.25) is 5.91 Å². The van der Waals surface area contributed by atoms with E-state index in [1.165, 1.54) is 6.92 Å². The first-order valence-corrected chi connectivity index (χ1v) is 10.1. The van der Waals surface area contributed by atoms with Gasteiger partial charge in [-0.05, 0) is 38.5 Å². The van der Waals surface area contributed by atoms with Crippen LogP contribution in [0.3, 0.4) is 0 Å². The van der Waals surface area contributed by atoms with Crippen molar-refractivity contribution < 1.29 is 22.1 Å². The number of carbonyl (C=O) groups excluding carboxylic acids is 1. The van der Waals surface area contributed by atoms with Gasteiger partial charge in [-0.1, -0.05) is 12.1 Å². The summed E-state index contributed by atoms with van der Waals surface area (Å²) in [4.78, 5) is 14.4. The number of benzene rings is 1. The number of rotatable bonds is 10. The van der Waals surface area contributed by atoms with Crippen LogP contribution < -0.4 is 4.18 Å². The SMILES string of the molecule is CCS(=O)(=O)Oc1cccc(CN(CCOC)C(=O)C(C)(C)CCl)c1. The maximum Gasteiger partial charge on any atom is 0.308 e. The zero-order valence-electron chi connectivity index (χ0n) is 15.1. The van der Waals surface area contributed by atoms with Crippen LogP contribution in [0.25, 0.3) is 0 Å². The molecule has 0 N–H and O–H groups in total. The van der Waals surface area contributed by atoms with Crippen LogP contribution in [-0.4, -0.2) is 51.1 Å². The van der Waals surface area contributed by atoms with Crippen LogP contribution in [0.1, 0.15) is 26.3 Å². The number of alkyl halides is 1. The molecule has 1 aromatic rings. The van der Waals surface area contributed by atoms with Gasteiger partial charge in [-0.25, -0.2) is 0 Å². The van der Waals surface area contributed by atoms with Crippen molar-refractivity contribution in [2.75, 3.05) is 31.9 Å². The third kappa shape index (κ3) is 6.84. The monoisotopic (exact) mass is 391 g/mol. The maximum atomic E-state index is 12.7. The molecule has 1 aromatic carbocycles. The smallest absolute Gasteiger partial charge is 0.308 e. The highest BCUT2D eigenvalue weighted by molar-refractivity contribution is 7.87. The van der Waals surface area contributed by atoms with E-state index >= 15 is 0 Å². The van der Waals surface area contributed by atoms with Gasteiger partial charge in [-0.2, -0.15) is 8.42 Å². The lowest BCUT2D eigenvalue weighted by atomic mass is 9.94.